The first-order valence-electron chi connectivity index (χ1n) is 6.34. The Morgan fingerprint density at radius 3 is 2.75 bits per heavy atom. The molecule has 1 rings (SSSR count). The lowest BCUT2D eigenvalue weighted by molar-refractivity contribution is -0.118. The van der Waals surface area contributed by atoms with Crippen LogP contribution in [0.5, 0.6) is 0 Å². The second-order valence-corrected chi connectivity index (χ2v) is 4.69. The molecule has 1 fully saturated rings. The van der Waals surface area contributed by atoms with Crippen LogP contribution in [0.2, 0.25) is 0 Å². The SMILES string of the molecule is CC(=O)NCCCCN1CCCN(C)CC1. The molecule has 0 aromatic carbocycles. The Balaban J connectivity index is 2.01. The predicted molar refractivity (Wildman–Crippen MR) is 66.5 cm³/mol. The average Bonchev–Trinajstić information content (AvgIpc) is 2.43. The zero-order valence-corrected chi connectivity index (χ0v) is 10.7. The molecular formula is C12H25N3O. The third-order valence-corrected chi connectivity index (χ3v) is 3.09. The second kappa shape index (κ2) is 7.63. The minimum atomic E-state index is 0.0800. The molecule has 0 aliphatic carbocycles. The van der Waals surface area contributed by atoms with E-state index in [1.807, 2.05) is 0 Å². The summed E-state index contributed by atoms with van der Waals surface area (Å²) >= 11 is 0. The van der Waals surface area contributed by atoms with Gasteiger partial charge in [0.05, 0.1) is 0 Å². The smallest absolute Gasteiger partial charge is 0.216 e. The fourth-order valence-electron chi connectivity index (χ4n) is 2.05. The number of hydrogen-bond donors (Lipinski definition) is 1. The largest absolute Gasteiger partial charge is 0.356 e. The molecule has 4 heteroatoms. The van der Waals surface area contributed by atoms with Crippen LogP contribution in [0.15, 0.2) is 0 Å². The zero-order chi connectivity index (χ0) is 11.8. The molecule has 1 aliphatic rings. The van der Waals surface area contributed by atoms with Crippen LogP contribution in [0.1, 0.15) is 26.2 Å². The Hall–Kier alpha value is -0.610. The Morgan fingerprint density at radius 1 is 1.19 bits per heavy atom. The number of likely N-dealkylation sites (N-methyl/N-ethyl adjacent to an activating group) is 1. The Kier molecular flexibility index (Phi) is 6.42. The number of unbranched alkanes of at least 4 members (excludes halogenated alkanes) is 1. The molecule has 0 atom stereocenters. The minimum absolute atomic E-state index is 0.0800. The molecule has 0 aromatic rings. The molecule has 1 saturated heterocycles. The highest BCUT2D eigenvalue weighted by Gasteiger charge is 2.10. The highest BCUT2D eigenvalue weighted by molar-refractivity contribution is 5.72. The molecule has 16 heavy (non-hydrogen) atoms. The lowest BCUT2D eigenvalue weighted by Gasteiger charge is -2.19. The molecule has 0 radical (unpaired) electrons. The summed E-state index contributed by atoms with van der Waals surface area (Å²) in [6.45, 7) is 8.40. The number of carbonyl (C=O) groups is 1. The van der Waals surface area contributed by atoms with E-state index in [1.54, 1.807) is 6.92 Å². The second-order valence-electron chi connectivity index (χ2n) is 4.69. The van der Waals surface area contributed by atoms with Gasteiger partial charge in [-0.15, -0.1) is 0 Å². The van der Waals surface area contributed by atoms with Gasteiger partial charge in [-0.1, -0.05) is 0 Å². The molecule has 94 valence electrons. The van der Waals surface area contributed by atoms with Crippen molar-refractivity contribution < 1.29 is 4.79 Å². The number of amides is 1. The van der Waals surface area contributed by atoms with Gasteiger partial charge in [0, 0.05) is 26.6 Å². The Labute approximate surface area is 99.0 Å². The summed E-state index contributed by atoms with van der Waals surface area (Å²) in [6.07, 6.45) is 3.55. The third kappa shape index (κ3) is 6.08. The van der Waals surface area contributed by atoms with E-state index in [4.69, 9.17) is 0 Å². The molecular weight excluding hydrogens is 202 g/mol. The van der Waals surface area contributed by atoms with Crippen LogP contribution in [0.25, 0.3) is 0 Å². The van der Waals surface area contributed by atoms with Crippen molar-refractivity contribution in [2.75, 3.05) is 46.3 Å². The lowest BCUT2D eigenvalue weighted by atomic mass is 10.2. The highest BCUT2D eigenvalue weighted by Crippen LogP contribution is 2.02. The van der Waals surface area contributed by atoms with Gasteiger partial charge in [-0.05, 0) is 45.9 Å². The van der Waals surface area contributed by atoms with Crippen LogP contribution in [-0.4, -0.2) is 62.0 Å². The van der Waals surface area contributed by atoms with Crippen LogP contribution in [-0.2, 0) is 4.79 Å². The van der Waals surface area contributed by atoms with Crippen molar-refractivity contribution in [1.29, 1.82) is 0 Å². The van der Waals surface area contributed by atoms with Crippen molar-refractivity contribution in [2.24, 2.45) is 0 Å². The first kappa shape index (κ1) is 13.5. The maximum absolute atomic E-state index is 10.7. The number of rotatable bonds is 5. The molecule has 0 unspecified atom stereocenters. The maximum Gasteiger partial charge on any atom is 0.216 e. The van der Waals surface area contributed by atoms with E-state index in [0.717, 1.165) is 13.0 Å². The summed E-state index contributed by atoms with van der Waals surface area (Å²) in [6, 6.07) is 0. The van der Waals surface area contributed by atoms with Crippen molar-refractivity contribution >= 4 is 5.91 Å². The molecule has 0 spiro atoms. The van der Waals surface area contributed by atoms with E-state index in [9.17, 15) is 4.79 Å². The summed E-state index contributed by atoms with van der Waals surface area (Å²) in [4.78, 5) is 15.6. The van der Waals surface area contributed by atoms with Gasteiger partial charge in [0.15, 0.2) is 0 Å². The monoisotopic (exact) mass is 227 g/mol. The quantitative estimate of drug-likeness (QED) is 0.696. The number of carbonyl (C=O) groups excluding carboxylic acids is 1. The lowest BCUT2D eigenvalue weighted by Crippen LogP contribution is -2.30. The topological polar surface area (TPSA) is 35.6 Å². The van der Waals surface area contributed by atoms with Gasteiger partial charge in [-0.3, -0.25) is 4.79 Å². The fourth-order valence-corrected chi connectivity index (χ4v) is 2.05. The zero-order valence-electron chi connectivity index (χ0n) is 10.7. The van der Waals surface area contributed by atoms with Crippen LogP contribution < -0.4 is 5.32 Å². The fraction of sp³-hybridized carbons (Fsp3) is 0.917. The molecule has 0 bridgehead atoms. The standard InChI is InChI=1S/C12H25N3O/c1-12(16)13-6-3-4-8-15-9-5-7-14(2)10-11-15/h3-11H2,1-2H3,(H,13,16). The first-order chi connectivity index (χ1) is 7.68. The van der Waals surface area contributed by atoms with Crippen molar-refractivity contribution in [1.82, 2.24) is 15.1 Å². The van der Waals surface area contributed by atoms with E-state index in [1.165, 1.54) is 45.6 Å². The van der Waals surface area contributed by atoms with Gasteiger partial charge < -0.3 is 15.1 Å². The number of nitrogens with zero attached hydrogens (tertiary/aromatic N) is 2. The van der Waals surface area contributed by atoms with E-state index in [-0.39, 0.29) is 5.91 Å². The number of hydrogen-bond acceptors (Lipinski definition) is 3. The van der Waals surface area contributed by atoms with Gasteiger partial charge in [-0.25, -0.2) is 0 Å². The number of nitrogens with one attached hydrogen (secondary N) is 1. The van der Waals surface area contributed by atoms with Gasteiger partial charge in [0.1, 0.15) is 0 Å². The normalized spacial score (nSPS) is 19.4. The van der Waals surface area contributed by atoms with Gasteiger partial charge >= 0.3 is 0 Å². The van der Waals surface area contributed by atoms with E-state index in [0.29, 0.717) is 0 Å². The summed E-state index contributed by atoms with van der Waals surface area (Å²) < 4.78 is 0. The summed E-state index contributed by atoms with van der Waals surface area (Å²) in [5, 5.41) is 2.84. The minimum Gasteiger partial charge on any atom is -0.356 e. The summed E-state index contributed by atoms with van der Waals surface area (Å²) in [5.74, 6) is 0.0800. The average molecular weight is 227 g/mol. The Morgan fingerprint density at radius 2 is 2.00 bits per heavy atom. The summed E-state index contributed by atoms with van der Waals surface area (Å²) in [5.41, 5.74) is 0. The van der Waals surface area contributed by atoms with Crippen LogP contribution in [0.4, 0.5) is 0 Å². The molecule has 0 saturated carbocycles. The van der Waals surface area contributed by atoms with E-state index < -0.39 is 0 Å². The van der Waals surface area contributed by atoms with Gasteiger partial charge in [0.2, 0.25) is 5.91 Å². The van der Waals surface area contributed by atoms with Crippen molar-refractivity contribution in [3.63, 3.8) is 0 Å². The molecule has 4 nitrogen and oxygen atoms in total. The molecule has 1 N–H and O–H groups in total. The molecule has 1 amide bonds. The molecule has 1 heterocycles. The third-order valence-electron chi connectivity index (χ3n) is 3.09. The molecule has 1 aliphatic heterocycles. The first-order valence-corrected chi connectivity index (χ1v) is 6.34. The van der Waals surface area contributed by atoms with E-state index in [2.05, 4.69) is 22.2 Å². The van der Waals surface area contributed by atoms with Crippen molar-refractivity contribution in [2.45, 2.75) is 26.2 Å². The predicted octanol–water partition coefficient (Wildman–Crippen LogP) is 0.540. The van der Waals surface area contributed by atoms with E-state index >= 15 is 0 Å². The van der Waals surface area contributed by atoms with Gasteiger partial charge in [-0.2, -0.15) is 0 Å². The Bertz CT molecular complexity index is 208. The summed E-state index contributed by atoms with van der Waals surface area (Å²) in [7, 11) is 2.19. The van der Waals surface area contributed by atoms with Crippen LogP contribution >= 0.6 is 0 Å². The van der Waals surface area contributed by atoms with Crippen LogP contribution in [0.3, 0.4) is 0 Å². The molecule has 0 aromatic heterocycles. The highest BCUT2D eigenvalue weighted by atomic mass is 16.1. The van der Waals surface area contributed by atoms with Crippen molar-refractivity contribution in [3.05, 3.63) is 0 Å². The van der Waals surface area contributed by atoms with Crippen molar-refractivity contribution in [3.8, 4) is 0 Å². The maximum atomic E-state index is 10.7. The van der Waals surface area contributed by atoms with Crippen LogP contribution in [0, 0.1) is 0 Å². The van der Waals surface area contributed by atoms with Gasteiger partial charge in [0.25, 0.3) is 0 Å².